The minimum absolute atomic E-state index is 0.101. The predicted molar refractivity (Wildman–Crippen MR) is 186 cm³/mol. The number of likely N-dealkylation sites (N-methyl/N-ethyl adjacent to an activating group) is 1. The van der Waals surface area contributed by atoms with Gasteiger partial charge in [0.25, 0.3) is 5.91 Å². The standard InChI is InChI=1S/C37H42Cl2N4O5/c1-4-42(5-2)17-6-7-18-43(27-14-16-40-26-21-23(38)9-10-24(26)27)35(45)32(39)36(46)47-30-13-8-22-20-28-25-11-12-29(44)34-37(25,15-19-41(28)3)31(22)33(30)48-34/h8-10,13-14,16,21,25,28,32,34H,4-7,11-12,15,17-20H2,1-3H3/t25-,28+,32?,34-,37-/m0/s1. The molecular weight excluding hydrogens is 651 g/mol. The molecule has 11 heteroatoms. The number of likely N-dealkylation sites (tertiary alicyclic amines) is 1. The van der Waals surface area contributed by atoms with Crippen LogP contribution in [-0.2, 0) is 26.2 Å². The molecule has 2 aliphatic heterocycles. The van der Waals surface area contributed by atoms with Crippen LogP contribution in [0.5, 0.6) is 11.5 Å². The van der Waals surface area contributed by atoms with Crippen molar-refractivity contribution in [2.75, 3.05) is 44.7 Å². The Kier molecular flexibility index (Phi) is 9.17. The lowest BCUT2D eigenvalue weighted by atomic mass is 9.52. The lowest BCUT2D eigenvalue weighted by Crippen LogP contribution is -2.65. The van der Waals surface area contributed by atoms with Crippen molar-refractivity contribution in [2.24, 2.45) is 5.92 Å². The summed E-state index contributed by atoms with van der Waals surface area (Å²) in [5, 5.41) is -0.355. The van der Waals surface area contributed by atoms with Crippen LogP contribution in [0.3, 0.4) is 0 Å². The number of rotatable bonds is 11. The van der Waals surface area contributed by atoms with Crippen molar-refractivity contribution in [3.05, 3.63) is 58.7 Å². The Hall–Kier alpha value is -3.24. The molecule has 7 rings (SSSR count). The number of pyridine rings is 1. The third-order valence-electron chi connectivity index (χ3n) is 11.2. The normalized spacial score (nSPS) is 24.7. The van der Waals surface area contributed by atoms with Gasteiger partial charge in [0.05, 0.1) is 11.2 Å². The lowest BCUT2D eigenvalue weighted by Gasteiger charge is -2.57. The van der Waals surface area contributed by atoms with E-state index >= 15 is 0 Å². The summed E-state index contributed by atoms with van der Waals surface area (Å²) >= 11 is 13.0. The molecule has 1 saturated heterocycles. The number of anilines is 1. The number of ether oxygens (including phenoxy) is 2. The Morgan fingerprint density at radius 2 is 1.94 bits per heavy atom. The summed E-state index contributed by atoms with van der Waals surface area (Å²) in [6.45, 7) is 8.29. The zero-order chi connectivity index (χ0) is 33.7. The monoisotopic (exact) mass is 692 g/mol. The summed E-state index contributed by atoms with van der Waals surface area (Å²) < 4.78 is 12.4. The average molecular weight is 694 g/mol. The summed E-state index contributed by atoms with van der Waals surface area (Å²) in [7, 11) is 2.16. The van der Waals surface area contributed by atoms with Crippen LogP contribution in [0.4, 0.5) is 5.69 Å². The topological polar surface area (TPSA) is 92.3 Å². The van der Waals surface area contributed by atoms with E-state index < -0.39 is 28.8 Å². The Labute approximate surface area is 291 Å². The van der Waals surface area contributed by atoms with Crippen LogP contribution in [0, 0.1) is 5.92 Å². The van der Waals surface area contributed by atoms with Gasteiger partial charge in [0, 0.05) is 46.6 Å². The number of ketones is 1. The molecule has 4 aliphatic rings. The fraction of sp³-hybridized carbons (Fsp3) is 0.514. The van der Waals surface area contributed by atoms with Gasteiger partial charge in [0.15, 0.2) is 23.4 Å². The summed E-state index contributed by atoms with van der Waals surface area (Å²) in [4.78, 5) is 51.9. The van der Waals surface area contributed by atoms with Crippen molar-refractivity contribution in [3.63, 3.8) is 0 Å². The Morgan fingerprint density at radius 1 is 1.15 bits per heavy atom. The first kappa shape index (κ1) is 33.3. The summed E-state index contributed by atoms with van der Waals surface area (Å²) in [6.07, 6.45) is 5.59. The second-order valence-corrected chi connectivity index (χ2v) is 14.5. The first-order valence-electron chi connectivity index (χ1n) is 17.2. The molecule has 2 aliphatic carbocycles. The molecule has 1 unspecified atom stereocenters. The number of carbonyl (C=O) groups excluding carboxylic acids is 3. The number of aromatic nitrogens is 1. The zero-order valence-corrected chi connectivity index (χ0v) is 29.2. The Balaban J connectivity index is 1.16. The predicted octanol–water partition coefficient (Wildman–Crippen LogP) is 5.79. The summed E-state index contributed by atoms with van der Waals surface area (Å²) in [5.41, 5.74) is 2.96. The summed E-state index contributed by atoms with van der Waals surface area (Å²) in [6, 6.07) is 11.1. The number of Topliss-reactive ketones (excluding diaryl/α,β-unsaturated/α-hetero) is 1. The second-order valence-electron chi connectivity index (χ2n) is 13.6. The number of fused-ring (bicyclic) bond motifs is 1. The van der Waals surface area contributed by atoms with Crippen molar-refractivity contribution >= 4 is 57.5 Å². The SMILES string of the molecule is CCN(CC)CCCCN(C(=O)C(Cl)C(=O)Oc1ccc2c3c1O[C@H]1C(=O)CC[C@H]4[C@@H](C2)N(C)CC[C@]314)c1ccnc2cc(Cl)ccc12. The number of hydrogen-bond donors (Lipinski definition) is 0. The number of benzene rings is 2. The van der Waals surface area contributed by atoms with Gasteiger partial charge in [-0.25, -0.2) is 4.79 Å². The van der Waals surface area contributed by atoms with E-state index in [4.69, 9.17) is 32.7 Å². The maximum absolute atomic E-state index is 14.1. The molecule has 1 aromatic heterocycles. The number of esters is 1. The van der Waals surface area contributed by atoms with E-state index in [-0.39, 0.29) is 11.5 Å². The minimum atomic E-state index is -1.62. The van der Waals surface area contributed by atoms with Crippen molar-refractivity contribution in [3.8, 4) is 11.5 Å². The van der Waals surface area contributed by atoms with Gasteiger partial charge in [0.1, 0.15) is 0 Å². The Bertz CT molecular complexity index is 1770. The maximum Gasteiger partial charge on any atom is 0.339 e. The number of hydrogen-bond acceptors (Lipinski definition) is 8. The smallest absolute Gasteiger partial charge is 0.339 e. The minimum Gasteiger partial charge on any atom is -0.477 e. The van der Waals surface area contributed by atoms with Gasteiger partial charge in [0.2, 0.25) is 5.38 Å². The van der Waals surface area contributed by atoms with E-state index in [9.17, 15) is 14.4 Å². The van der Waals surface area contributed by atoms with Gasteiger partial charge in [-0.2, -0.15) is 0 Å². The number of piperidine rings is 1. The van der Waals surface area contributed by atoms with E-state index in [2.05, 4.69) is 35.7 Å². The van der Waals surface area contributed by atoms with Gasteiger partial charge in [-0.15, -0.1) is 0 Å². The highest BCUT2D eigenvalue weighted by atomic mass is 35.5. The van der Waals surface area contributed by atoms with Crippen LogP contribution < -0.4 is 14.4 Å². The maximum atomic E-state index is 14.1. The van der Waals surface area contributed by atoms with E-state index in [1.165, 1.54) is 0 Å². The van der Waals surface area contributed by atoms with Crippen molar-refractivity contribution in [1.82, 2.24) is 14.8 Å². The van der Waals surface area contributed by atoms with Gasteiger partial charge in [-0.1, -0.05) is 43.1 Å². The number of amides is 1. The lowest BCUT2D eigenvalue weighted by molar-refractivity contribution is -0.138. The molecule has 9 nitrogen and oxygen atoms in total. The third kappa shape index (κ3) is 5.47. The molecule has 3 heterocycles. The highest BCUT2D eigenvalue weighted by Crippen LogP contribution is 2.63. The van der Waals surface area contributed by atoms with Crippen LogP contribution >= 0.6 is 23.2 Å². The molecule has 0 radical (unpaired) electrons. The molecule has 2 bridgehead atoms. The molecule has 1 saturated carbocycles. The molecule has 0 N–H and O–H groups in total. The second kappa shape index (κ2) is 13.2. The van der Waals surface area contributed by atoms with Gasteiger partial charge < -0.3 is 24.2 Å². The quantitative estimate of drug-likeness (QED) is 0.0820. The molecule has 1 spiro atoms. The zero-order valence-electron chi connectivity index (χ0n) is 27.7. The molecule has 2 aromatic carbocycles. The van der Waals surface area contributed by atoms with E-state index in [0.29, 0.717) is 53.3 Å². The molecule has 1 amide bonds. The van der Waals surface area contributed by atoms with Crippen molar-refractivity contribution in [1.29, 1.82) is 0 Å². The van der Waals surface area contributed by atoms with Crippen LogP contribution in [0.2, 0.25) is 5.02 Å². The molecular formula is C37H42Cl2N4O5. The van der Waals surface area contributed by atoms with E-state index in [0.717, 1.165) is 68.4 Å². The van der Waals surface area contributed by atoms with E-state index in [1.807, 2.05) is 12.1 Å². The number of nitrogens with zero attached hydrogens (tertiary/aromatic N) is 4. The van der Waals surface area contributed by atoms with Crippen LogP contribution in [-0.4, -0.2) is 89.7 Å². The first-order valence-corrected chi connectivity index (χ1v) is 18.0. The fourth-order valence-corrected chi connectivity index (χ4v) is 9.15. The molecule has 48 heavy (non-hydrogen) atoms. The average Bonchev–Trinajstić information content (AvgIpc) is 3.45. The third-order valence-corrected chi connectivity index (χ3v) is 11.8. The van der Waals surface area contributed by atoms with Gasteiger partial charge >= 0.3 is 5.97 Å². The van der Waals surface area contributed by atoms with Crippen molar-refractivity contribution in [2.45, 2.75) is 75.3 Å². The van der Waals surface area contributed by atoms with E-state index in [1.54, 1.807) is 35.4 Å². The number of carbonyl (C=O) groups is 3. The first-order chi connectivity index (χ1) is 23.2. The molecule has 5 atom stereocenters. The fourth-order valence-electron chi connectivity index (χ4n) is 8.82. The van der Waals surface area contributed by atoms with Crippen LogP contribution in [0.15, 0.2) is 42.6 Å². The molecule has 254 valence electrons. The summed E-state index contributed by atoms with van der Waals surface area (Å²) in [5.74, 6) is -0.410. The number of alkyl halides is 1. The van der Waals surface area contributed by atoms with Crippen LogP contribution in [0.1, 0.15) is 57.1 Å². The van der Waals surface area contributed by atoms with Gasteiger partial charge in [-0.3, -0.25) is 14.6 Å². The largest absolute Gasteiger partial charge is 0.477 e. The highest BCUT2D eigenvalue weighted by Gasteiger charge is 2.65. The molecule has 3 aromatic rings. The number of halogens is 2. The highest BCUT2D eigenvalue weighted by molar-refractivity contribution is 6.43. The van der Waals surface area contributed by atoms with Crippen LogP contribution in [0.25, 0.3) is 10.9 Å². The number of unbranched alkanes of at least 4 members (excludes halogenated alkanes) is 1. The molecule has 2 fully saturated rings. The van der Waals surface area contributed by atoms with Crippen molar-refractivity contribution < 1.29 is 23.9 Å². The Morgan fingerprint density at radius 3 is 2.73 bits per heavy atom. The van der Waals surface area contributed by atoms with Gasteiger partial charge in [-0.05, 0) is 107 Å².